The normalized spacial score (nSPS) is 13.7. The van der Waals surface area contributed by atoms with E-state index in [0.717, 1.165) is 30.2 Å². The first-order valence-electron chi connectivity index (χ1n) is 11.3. The molecule has 2 amide bonds. The summed E-state index contributed by atoms with van der Waals surface area (Å²) < 4.78 is 11.4. The molecule has 2 N–H and O–H groups in total. The number of thiocarbonyl (C=S) groups is 1. The third-order valence-electron chi connectivity index (χ3n) is 5.71. The molecular weight excluding hydrogens is 518 g/mol. The Bertz CT molecular complexity index is 1030. The van der Waals surface area contributed by atoms with Crippen molar-refractivity contribution in [2.45, 2.75) is 38.1 Å². The first-order chi connectivity index (χ1) is 16.4. The van der Waals surface area contributed by atoms with Crippen molar-refractivity contribution >= 4 is 50.8 Å². The minimum atomic E-state index is -0.408. The molecule has 0 heterocycles. The van der Waals surface area contributed by atoms with Gasteiger partial charge in [0.15, 0.2) is 5.11 Å². The van der Waals surface area contributed by atoms with Gasteiger partial charge in [-0.2, -0.15) is 0 Å². The van der Waals surface area contributed by atoms with E-state index < -0.39 is 5.91 Å². The Morgan fingerprint density at radius 3 is 2.53 bits per heavy atom. The molecule has 1 aliphatic carbocycles. The van der Waals surface area contributed by atoms with Crippen LogP contribution in [0.25, 0.3) is 0 Å². The van der Waals surface area contributed by atoms with Crippen LogP contribution in [0.3, 0.4) is 0 Å². The second kappa shape index (κ2) is 12.8. The maximum Gasteiger partial charge on any atom is 0.261 e. The third-order valence-corrected chi connectivity index (χ3v) is 6.58. The van der Waals surface area contributed by atoms with E-state index in [1.165, 1.54) is 6.42 Å². The summed E-state index contributed by atoms with van der Waals surface area (Å²) in [6.45, 7) is 0.713. The fraction of sp³-hybridized carbons (Fsp3) is 0.400. The van der Waals surface area contributed by atoms with Crippen LogP contribution < -0.4 is 20.3 Å². The average Bonchev–Trinajstić information content (AvgIpc) is 2.85. The number of halogens is 1. The van der Waals surface area contributed by atoms with E-state index in [4.69, 9.17) is 21.7 Å². The lowest BCUT2D eigenvalue weighted by Crippen LogP contribution is -2.42. The molecule has 1 aliphatic rings. The smallest absolute Gasteiger partial charge is 0.261 e. The zero-order valence-electron chi connectivity index (χ0n) is 19.4. The molecule has 2 aromatic carbocycles. The number of carbonyl (C=O) groups is 2. The minimum absolute atomic E-state index is 0.135. The van der Waals surface area contributed by atoms with Gasteiger partial charge in [-0.25, -0.2) is 0 Å². The largest absolute Gasteiger partial charge is 0.490 e. The van der Waals surface area contributed by atoms with Gasteiger partial charge in [0.25, 0.3) is 11.8 Å². The number of hydrogen-bond donors (Lipinski definition) is 2. The van der Waals surface area contributed by atoms with Gasteiger partial charge < -0.3 is 19.7 Å². The lowest BCUT2D eigenvalue weighted by atomic mass is 9.95. The molecule has 0 atom stereocenters. The lowest BCUT2D eigenvalue weighted by molar-refractivity contribution is 0.0927. The van der Waals surface area contributed by atoms with Crippen LogP contribution in [0.5, 0.6) is 5.75 Å². The highest BCUT2D eigenvalue weighted by molar-refractivity contribution is 9.10. The molecule has 3 rings (SSSR count). The van der Waals surface area contributed by atoms with Crippen molar-refractivity contribution in [2.75, 3.05) is 32.3 Å². The standard InChI is InChI=1S/C25H30BrN3O4S/c1-29(21-11-7-6-10-19(21)23(30)27-18-8-4-3-5-9-18)25(34)28-24(31)20-16-17(26)12-13-22(20)33-15-14-32-2/h6-7,10-13,16,18H,3-5,8-9,14-15H2,1-2H3,(H,27,30)(H,28,31,34). The Hall–Kier alpha value is -2.49. The topological polar surface area (TPSA) is 79.9 Å². The summed E-state index contributed by atoms with van der Waals surface area (Å²) in [6.07, 6.45) is 5.49. The molecule has 0 bridgehead atoms. The molecule has 7 nitrogen and oxygen atoms in total. The first-order valence-corrected chi connectivity index (χ1v) is 12.5. The molecule has 2 aromatic rings. The number of hydrogen-bond acceptors (Lipinski definition) is 5. The highest BCUT2D eigenvalue weighted by atomic mass is 79.9. The van der Waals surface area contributed by atoms with Crippen LogP contribution in [0.2, 0.25) is 0 Å². The van der Waals surface area contributed by atoms with Gasteiger partial charge in [-0.3, -0.25) is 14.9 Å². The van der Waals surface area contributed by atoms with Gasteiger partial charge in [-0.1, -0.05) is 47.3 Å². The predicted molar refractivity (Wildman–Crippen MR) is 141 cm³/mol. The molecule has 0 radical (unpaired) electrons. The summed E-state index contributed by atoms with van der Waals surface area (Å²) in [4.78, 5) is 27.7. The van der Waals surface area contributed by atoms with Crippen LogP contribution in [0.15, 0.2) is 46.9 Å². The van der Waals surface area contributed by atoms with E-state index >= 15 is 0 Å². The van der Waals surface area contributed by atoms with Crippen molar-refractivity contribution in [2.24, 2.45) is 0 Å². The number of amides is 2. The summed E-state index contributed by atoms with van der Waals surface area (Å²) in [5, 5.41) is 6.07. The van der Waals surface area contributed by atoms with E-state index in [1.807, 2.05) is 18.2 Å². The summed E-state index contributed by atoms with van der Waals surface area (Å²) in [6, 6.07) is 12.6. The van der Waals surface area contributed by atoms with Gasteiger partial charge in [0, 0.05) is 24.7 Å². The second-order valence-electron chi connectivity index (χ2n) is 8.13. The van der Waals surface area contributed by atoms with Gasteiger partial charge in [0.05, 0.1) is 23.4 Å². The lowest BCUT2D eigenvalue weighted by Gasteiger charge is -2.26. The summed E-state index contributed by atoms with van der Waals surface area (Å²) >= 11 is 8.91. The maximum atomic E-state index is 13.0. The average molecular weight is 549 g/mol. The van der Waals surface area contributed by atoms with Crippen molar-refractivity contribution in [3.05, 3.63) is 58.1 Å². The molecule has 0 aliphatic heterocycles. The molecule has 1 fully saturated rings. The van der Waals surface area contributed by atoms with Crippen LogP contribution in [-0.4, -0.2) is 50.3 Å². The summed E-state index contributed by atoms with van der Waals surface area (Å²) in [5.41, 5.74) is 1.47. The highest BCUT2D eigenvalue weighted by Gasteiger charge is 2.22. The molecule has 0 aromatic heterocycles. The molecule has 1 saturated carbocycles. The monoisotopic (exact) mass is 547 g/mol. The van der Waals surface area contributed by atoms with Crippen LogP contribution >= 0.6 is 28.1 Å². The Morgan fingerprint density at radius 1 is 1.06 bits per heavy atom. The van der Waals surface area contributed by atoms with E-state index in [1.54, 1.807) is 43.3 Å². The number of ether oxygens (including phenoxy) is 2. The number of anilines is 1. The van der Waals surface area contributed by atoms with Crippen LogP contribution in [-0.2, 0) is 4.74 Å². The SMILES string of the molecule is COCCOc1ccc(Br)cc1C(=O)NC(=S)N(C)c1ccccc1C(=O)NC1CCCCC1. The number of rotatable bonds is 8. The number of methoxy groups -OCH3 is 1. The maximum absolute atomic E-state index is 13.0. The number of nitrogens with one attached hydrogen (secondary N) is 2. The Kier molecular flexibility index (Phi) is 9.86. The molecule has 9 heteroatoms. The second-order valence-corrected chi connectivity index (χ2v) is 9.43. The zero-order chi connectivity index (χ0) is 24.5. The fourth-order valence-corrected chi connectivity index (χ4v) is 4.42. The van der Waals surface area contributed by atoms with E-state index in [-0.39, 0.29) is 17.1 Å². The van der Waals surface area contributed by atoms with E-state index in [2.05, 4.69) is 26.6 Å². The van der Waals surface area contributed by atoms with Crippen molar-refractivity contribution in [3.63, 3.8) is 0 Å². The minimum Gasteiger partial charge on any atom is -0.490 e. The van der Waals surface area contributed by atoms with E-state index in [0.29, 0.717) is 35.8 Å². The van der Waals surface area contributed by atoms with Gasteiger partial charge in [-0.05, 0) is 55.4 Å². The molecule has 0 unspecified atom stereocenters. The van der Waals surface area contributed by atoms with Crippen LogP contribution in [0.1, 0.15) is 52.8 Å². The number of carbonyl (C=O) groups excluding carboxylic acids is 2. The van der Waals surface area contributed by atoms with Crippen molar-refractivity contribution in [1.82, 2.24) is 10.6 Å². The van der Waals surface area contributed by atoms with Gasteiger partial charge >= 0.3 is 0 Å². The predicted octanol–water partition coefficient (Wildman–Crippen LogP) is 4.69. The van der Waals surface area contributed by atoms with Crippen LogP contribution in [0, 0.1) is 0 Å². The van der Waals surface area contributed by atoms with Gasteiger partial charge in [-0.15, -0.1) is 0 Å². The molecule has 0 saturated heterocycles. The van der Waals surface area contributed by atoms with Crippen molar-refractivity contribution in [3.8, 4) is 5.75 Å². The van der Waals surface area contributed by atoms with Crippen molar-refractivity contribution < 1.29 is 19.1 Å². The first kappa shape index (κ1) is 26.1. The Balaban J connectivity index is 1.72. The molecule has 0 spiro atoms. The molecule has 182 valence electrons. The fourth-order valence-electron chi connectivity index (χ4n) is 3.87. The number of nitrogens with zero attached hydrogens (tertiary/aromatic N) is 1. The Morgan fingerprint density at radius 2 is 1.79 bits per heavy atom. The van der Waals surface area contributed by atoms with Crippen molar-refractivity contribution in [1.29, 1.82) is 0 Å². The summed E-state index contributed by atoms with van der Waals surface area (Å²) in [7, 11) is 3.31. The number of benzene rings is 2. The summed E-state index contributed by atoms with van der Waals surface area (Å²) in [5.74, 6) is -0.116. The zero-order valence-corrected chi connectivity index (χ0v) is 21.8. The molecule has 34 heavy (non-hydrogen) atoms. The number of para-hydroxylation sites is 1. The van der Waals surface area contributed by atoms with Gasteiger partial charge in [0.2, 0.25) is 0 Å². The van der Waals surface area contributed by atoms with Gasteiger partial charge in [0.1, 0.15) is 12.4 Å². The van der Waals surface area contributed by atoms with E-state index in [9.17, 15) is 9.59 Å². The quantitative estimate of drug-likeness (QED) is 0.368. The van der Waals surface area contributed by atoms with Crippen LogP contribution in [0.4, 0.5) is 5.69 Å². The molecular formula is C25H30BrN3O4S. The Labute approximate surface area is 214 Å². The third kappa shape index (κ3) is 7.01. The highest BCUT2D eigenvalue weighted by Crippen LogP contribution is 2.25.